The first kappa shape index (κ1) is 21.7. The molecular formula is C23H29N3O5S. The number of benzene rings is 1. The fourth-order valence-corrected chi connectivity index (χ4v) is 6.12. The number of carbonyl (C=O) groups is 3. The monoisotopic (exact) mass is 459 g/mol. The summed E-state index contributed by atoms with van der Waals surface area (Å²) in [7, 11) is 0. The molecule has 0 aliphatic carbocycles. The number of rotatable bonds is 3. The zero-order chi connectivity index (χ0) is 22.1. The average Bonchev–Trinajstić information content (AvgIpc) is 3.29. The van der Waals surface area contributed by atoms with Crippen LogP contribution in [0.4, 0.5) is 5.69 Å². The maximum Gasteiger partial charge on any atom is 0.250 e. The Morgan fingerprint density at radius 2 is 1.66 bits per heavy atom. The van der Waals surface area contributed by atoms with Gasteiger partial charge in [-0.15, -0.1) is 11.8 Å². The van der Waals surface area contributed by atoms with E-state index in [1.807, 2.05) is 24.3 Å². The lowest BCUT2D eigenvalue weighted by molar-refractivity contribution is -0.187. The normalized spacial score (nSPS) is 25.2. The van der Waals surface area contributed by atoms with Crippen molar-refractivity contribution in [2.75, 3.05) is 50.8 Å². The molecule has 3 saturated heterocycles. The van der Waals surface area contributed by atoms with Gasteiger partial charge in [-0.25, -0.2) is 0 Å². The Balaban J connectivity index is 1.31. The summed E-state index contributed by atoms with van der Waals surface area (Å²) in [6.07, 6.45) is 4.33. The van der Waals surface area contributed by atoms with Crippen molar-refractivity contribution < 1.29 is 23.9 Å². The van der Waals surface area contributed by atoms with E-state index in [0.29, 0.717) is 57.9 Å². The largest absolute Gasteiger partial charge is 0.347 e. The number of hydrogen-bond acceptors (Lipinski definition) is 6. The highest BCUT2D eigenvalue weighted by atomic mass is 32.2. The van der Waals surface area contributed by atoms with Gasteiger partial charge in [0.1, 0.15) is 6.54 Å². The molecule has 172 valence electrons. The minimum Gasteiger partial charge on any atom is -0.347 e. The Hall–Kier alpha value is -2.10. The average molecular weight is 460 g/mol. The molecule has 1 spiro atoms. The third kappa shape index (κ3) is 4.13. The van der Waals surface area contributed by atoms with E-state index in [1.165, 1.54) is 16.7 Å². The molecule has 4 aliphatic heterocycles. The van der Waals surface area contributed by atoms with E-state index in [1.54, 1.807) is 9.80 Å². The van der Waals surface area contributed by atoms with Crippen molar-refractivity contribution in [2.24, 2.45) is 0 Å². The molecule has 0 saturated carbocycles. The summed E-state index contributed by atoms with van der Waals surface area (Å²) in [6, 6.07) is 7.52. The van der Waals surface area contributed by atoms with Crippen LogP contribution in [0.1, 0.15) is 32.1 Å². The van der Waals surface area contributed by atoms with Gasteiger partial charge in [-0.2, -0.15) is 0 Å². The molecule has 8 nitrogen and oxygen atoms in total. The summed E-state index contributed by atoms with van der Waals surface area (Å²) in [5, 5.41) is -0.833. The van der Waals surface area contributed by atoms with Gasteiger partial charge in [0.05, 0.1) is 18.9 Å². The van der Waals surface area contributed by atoms with Crippen LogP contribution in [-0.4, -0.2) is 84.5 Å². The molecule has 9 heteroatoms. The Bertz CT molecular complexity index is 887. The molecule has 3 fully saturated rings. The Kier molecular flexibility index (Phi) is 6.14. The molecule has 0 radical (unpaired) electrons. The minimum atomic E-state index is -0.833. The van der Waals surface area contributed by atoms with Crippen LogP contribution < -0.4 is 4.90 Å². The second kappa shape index (κ2) is 9.03. The van der Waals surface area contributed by atoms with E-state index in [-0.39, 0.29) is 24.3 Å². The van der Waals surface area contributed by atoms with Crippen LogP contribution in [0.3, 0.4) is 0 Å². The zero-order valence-corrected chi connectivity index (χ0v) is 19.0. The van der Waals surface area contributed by atoms with Crippen molar-refractivity contribution in [2.45, 2.75) is 48.0 Å². The lowest BCUT2D eigenvalue weighted by Crippen LogP contribution is -2.54. The molecule has 0 N–H and O–H groups in total. The van der Waals surface area contributed by atoms with Gasteiger partial charge < -0.3 is 24.2 Å². The Morgan fingerprint density at radius 3 is 2.38 bits per heavy atom. The van der Waals surface area contributed by atoms with Gasteiger partial charge in [0.15, 0.2) is 11.0 Å². The van der Waals surface area contributed by atoms with Gasteiger partial charge in [-0.3, -0.25) is 14.4 Å². The van der Waals surface area contributed by atoms with E-state index in [9.17, 15) is 14.4 Å². The summed E-state index contributed by atoms with van der Waals surface area (Å²) in [6.45, 7) is 3.59. The summed E-state index contributed by atoms with van der Waals surface area (Å²) < 4.78 is 11.5. The fraction of sp³-hybridized carbons (Fsp3) is 0.609. The number of thioether (sulfide) groups is 1. The molecule has 0 aromatic heterocycles. The van der Waals surface area contributed by atoms with E-state index in [2.05, 4.69) is 0 Å². The number of likely N-dealkylation sites (tertiary alicyclic amines) is 2. The molecule has 1 aromatic carbocycles. The highest BCUT2D eigenvalue weighted by Crippen LogP contribution is 2.40. The Labute approximate surface area is 192 Å². The zero-order valence-electron chi connectivity index (χ0n) is 18.2. The summed E-state index contributed by atoms with van der Waals surface area (Å²) in [5.41, 5.74) is 0.703. The molecule has 4 aliphatic rings. The van der Waals surface area contributed by atoms with Gasteiger partial charge in [-0.1, -0.05) is 12.1 Å². The first-order valence-corrected chi connectivity index (χ1v) is 12.4. The number of anilines is 1. The maximum absolute atomic E-state index is 13.4. The predicted molar refractivity (Wildman–Crippen MR) is 119 cm³/mol. The maximum atomic E-state index is 13.4. The topological polar surface area (TPSA) is 79.4 Å². The molecule has 5 rings (SSSR count). The minimum absolute atomic E-state index is 0.0606. The second-order valence-electron chi connectivity index (χ2n) is 8.76. The molecule has 1 atom stereocenters. The first-order chi connectivity index (χ1) is 15.6. The number of fused-ring (bicyclic) bond motifs is 1. The van der Waals surface area contributed by atoms with Crippen LogP contribution in [-0.2, 0) is 23.9 Å². The van der Waals surface area contributed by atoms with E-state index < -0.39 is 11.0 Å². The predicted octanol–water partition coefficient (Wildman–Crippen LogP) is 1.87. The molecule has 4 heterocycles. The first-order valence-electron chi connectivity index (χ1n) is 11.5. The van der Waals surface area contributed by atoms with Crippen LogP contribution in [0.15, 0.2) is 29.2 Å². The smallest absolute Gasteiger partial charge is 0.250 e. The van der Waals surface area contributed by atoms with Gasteiger partial charge in [0.25, 0.3) is 5.91 Å². The highest BCUT2D eigenvalue weighted by Gasteiger charge is 2.43. The quantitative estimate of drug-likeness (QED) is 0.642. The molecule has 3 amide bonds. The summed E-state index contributed by atoms with van der Waals surface area (Å²) in [4.78, 5) is 45.7. The van der Waals surface area contributed by atoms with Crippen molar-refractivity contribution in [3.8, 4) is 0 Å². The number of para-hydroxylation sites is 1. The fourth-order valence-electron chi connectivity index (χ4n) is 4.93. The third-order valence-corrected chi connectivity index (χ3v) is 8.01. The van der Waals surface area contributed by atoms with Gasteiger partial charge in [0, 0.05) is 43.9 Å². The van der Waals surface area contributed by atoms with E-state index in [0.717, 1.165) is 24.2 Å². The van der Waals surface area contributed by atoms with Crippen LogP contribution in [0, 0.1) is 0 Å². The summed E-state index contributed by atoms with van der Waals surface area (Å²) in [5.74, 6) is -1.10. The summed E-state index contributed by atoms with van der Waals surface area (Å²) >= 11 is 1.31. The molecule has 0 unspecified atom stereocenters. The highest BCUT2D eigenvalue weighted by molar-refractivity contribution is 8.01. The van der Waals surface area contributed by atoms with Crippen LogP contribution >= 0.6 is 11.8 Å². The number of amides is 3. The SMILES string of the molecule is O=C(CN1C(=O)[C@H](C(=O)N2CCCCC2)Sc2ccccc21)N1CCC2(CC1)OCCO2. The van der Waals surface area contributed by atoms with E-state index >= 15 is 0 Å². The molecule has 32 heavy (non-hydrogen) atoms. The van der Waals surface area contributed by atoms with Crippen LogP contribution in [0.5, 0.6) is 0 Å². The van der Waals surface area contributed by atoms with Gasteiger partial charge >= 0.3 is 0 Å². The van der Waals surface area contributed by atoms with E-state index in [4.69, 9.17) is 9.47 Å². The number of piperidine rings is 2. The van der Waals surface area contributed by atoms with Crippen molar-refractivity contribution in [1.29, 1.82) is 0 Å². The molecular weight excluding hydrogens is 430 g/mol. The van der Waals surface area contributed by atoms with Crippen molar-refractivity contribution >= 4 is 35.2 Å². The third-order valence-electron chi connectivity index (χ3n) is 6.77. The van der Waals surface area contributed by atoms with Crippen LogP contribution in [0.2, 0.25) is 0 Å². The number of carbonyl (C=O) groups excluding carboxylic acids is 3. The van der Waals surface area contributed by atoms with Gasteiger partial charge in [0.2, 0.25) is 11.8 Å². The second-order valence-corrected chi connectivity index (χ2v) is 9.91. The Morgan fingerprint density at radius 1 is 0.969 bits per heavy atom. The van der Waals surface area contributed by atoms with Gasteiger partial charge in [-0.05, 0) is 31.4 Å². The lowest BCUT2D eigenvalue weighted by atomic mass is 10.0. The number of nitrogens with zero attached hydrogens (tertiary/aromatic N) is 3. The molecule has 1 aromatic rings. The molecule has 0 bridgehead atoms. The standard InChI is InChI=1S/C23H29N3O5S/c27-19(24-12-8-23(9-13-24)30-14-15-31-23)16-26-17-6-2-3-7-18(17)32-20(22(26)29)21(28)25-10-4-1-5-11-25/h2-3,6-7,20H,1,4-5,8-16H2/t20-/m0/s1. The van der Waals surface area contributed by atoms with Crippen molar-refractivity contribution in [1.82, 2.24) is 9.80 Å². The number of ether oxygens (including phenoxy) is 2. The van der Waals surface area contributed by atoms with Crippen molar-refractivity contribution in [3.63, 3.8) is 0 Å². The van der Waals surface area contributed by atoms with Crippen LogP contribution in [0.25, 0.3) is 0 Å². The lowest BCUT2D eigenvalue weighted by Gasteiger charge is -2.39. The van der Waals surface area contributed by atoms with Crippen molar-refractivity contribution in [3.05, 3.63) is 24.3 Å². The number of hydrogen-bond donors (Lipinski definition) is 0.